The van der Waals surface area contributed by atoms with Gasteiger partial charge in [0.25, 0.3) is 5.91 Å². The Morgan fingerprint density at radius 1 is 1.14 bits per heavy atom. The van der Waals surface area contributed by atoms with Gasteiger partial charge in [-0.15, -0.1) is 0 Å². The van der Waals surface area contributed by atoms with Crippen LogP contribution >= 0.6 is 11.6 Å². The predicted octanol–water partition coefficient (Wildman–Crippen LogP) is 4.69. The van der Waals surface area contributed by atoms with Crippen LogP contribution in [0.15, 0.2) is 42.5 Å². The lowest BCUT2D eigenvalue weighted by Gasteiger charge is -2.08. The van der Waals surface area contributed by atoms with Gasteiger partial charge >= 0.3 is 0 Å². The molecule has 0 bridgehead atoms. The van der Waals surface area contributed by atoms with Gasteiger partial charge in [0.2, 0.25) is 0 Å². The highest BCUT2D eigenvalue weighted by atomic mass is 35.5. The molecule has 0 saturated heterocycles. The van der Waals surface area contributed by atoms with Crippen LogP contribution in [0.25, 0.3) is 10.9 Å². The average Bonchev–Trinajstić information content (AvgIpc) is 2.87. The van der Waals surface area contributed by atoms with Gasteiger partial charge < -0.3 is 10.3 Å². The number of benzene rings is 2. The van der Waals surface area contributed by atoms with Crippen molar-refractivity contribution in [3.05, 3.63) is 64.3 Å². The molecule has 0 aliphatic heterocycles. The Labute approximate surface area is 127 Å². The molecule has 1 heterocycles. The zero-order valence-electron chi connectivity index (χ0n) is 11.8. The smallest absolute Gasteiger partial charge is 0.272 e. The second kappa shape index (κ2) is 5.26. The number of amides is 1. The summed E-state index contributed by atoms with van der Waals surface area (Å²) in [6.45, 7) is 3.90. The van der Waals surface area contributed by atoms with Crippen LogP contribution in [0.2, 0.25) is 5.02 Å². The molecule has 0 saturated carbocycles. The van der Waals surface area contributed by atoms with E-state index in [1.54, 1.807) is 6.07 Å². The summed E-state index contributed by atoms with van der Waals surface area (Å²) >= 11 is 6.07. The number of nitrogens with one attached hydrogen (secondary N) is 2. The van der Waals surface area contributed by atoms with Gasteiger partial charge in [0.1, 0.15) is 5.69 Å². The Kier molecular flexibility index (Phi) is 3.43. The first-order valence-electron chi connectivity index (χ1n) is 6.70. The lowest BCUT2D eigenvalue weighted by Crippen LogP contribution is -2.13. The second-order valence-corrected chi connectivity index (χ2v) is 5.55. The summed E-state index contributed by atoms with van der Waals surface area (Å²) in [7, 11) is 0. The Morgan fingerprint density at radius 3 is 2.76 bits per heavy atom. The molecule has 21 heavy (non-hydrogen) atoms. The van der Waals surface area contributed by atoms with E-state index in [-0.39, 0.29) is 5.91 Å². The summed E-state index contributed by atoms with van der Waals surface area (Å²) in [5, 5.41) is 4.55. The van der Waals surface area contributed by atoms with Crippen molar-refractivity contribution < 1.29 is 4.79 Å². The van der Waals surface area contributed by atoms with E-state index in [1.165, 1.54) is 0 Å². The zero-order chi connectivity index (χ0) is 15.0. The standard InChI is InChI=1S/C17H15ClN2O/c1-10-6-7-12-9-16(19-15(12)8-10)17(21)20-14-5-3-4-13(18)11(14)2/h3-9,19H,1-2H3,(H,20,21). The molecule has 1 aromatic heterocycles. The van der Waals surface area contributed by atoms with Gasteiger partial charge in [-0.05, 0) is 49.2 Å². The highest BCUT2D eigenvalue weighted by Crippen LogP contribution is 2.24. The maximum atomic E-state index is 12.3. The van der Waals surface area contributed by atoms with Crippen LogP contribution < -0.4 is 5.32 Å². The molecule has 0 spiro atoms. The maximum absolute atomic E-state index is 12.3. The van der Waals surface area contributed by atoms with E-state index in [1.807, 2.05) is 50.2 Å². The molecular formula is C17H15ClN2O. The van der Waals surface area contributed by atoms with E-state index in [4.69, 9.17) is 11.6 Å². The highest BCUT2D eigenvalue weighted by molar-refractivity contribution is 6.31. The summed E-state index contributed by atoms with van der Waals surface area (Å²) < 4.78 is 0. The zero-order valence-corrected chi connectivity index (χ0v) is 12.6. The molecule has 1 amide bonds. The van der Waals surface area contributed by atoms with Crippen molar-refractivity contribution in [1.82, 2.24) is 4.98 Å². The van der Waals surface area contributed by atoms with Crippen LogP contribution in [0.4, 0.5) is 5.69 Å². The third-order valence-corrected chi connectivity index (χ3v) is 3.95. The first-order chi connectivity index (χ1) is 10.0. The van der Waals surface area contributed by atoms with Crippen molar-refractivity contribution in [3.63, 3.8) is 0 Å². The van der Waals surface area contributed by atoms with Crippen LogP contribution in [0, 0.1) is 13.8 Å². The van der Waals surface area contributed by atoms with Crippen LogP contribution in [-0.2, 0) is 0 Å². The topological polar surface area (TPSA) is 44.9 Å². The first kappa shape index (κ1) is 13.7. The van der Waals surface area contributed by atoms with Gasteiger partial charge in [0, 0.05) is 21.6 Å². The minimum Gasteiger partial charge on any atom is -0.351 e. The molecule has 0 unspecified atom stereocenters. The van der Waals surface area contributed by atoms with Crippen LogP contribution in [0.5, 0.6) is 0 Å². The Balaban J connectivity index is 1.91. The van der Waals surface area contributed by atoms with Crippen molar-refractivity contribution in [1.29, 1.82) is 0 Å². The molecule has 0 aliphatic rings. The van der Waals surface area contributed by atoms with Crippen molar-refractivity contribution in [3.8, 4) is 0 Å². The third kappa shape index (κ3) is 2.65. The monoisotopic (exact) mass is 298 g/mol. The Morgan fingerprint density at radius 2 is 1.95 bits per heavy atom. The van der Waals surface area contributed by atoms with Crippen LogP contribution in [0.3, 0.4) is 0 Å². The number of rotatable bonds is 2. The second-order valence-electron chi connectivity index (χ2n) is 5.14. The van der Waals surface area contributed by atoms with Crippen molar-refractivity contribution in [2.75, 3.05) is 5.32 Å². The largest absolute Gasteiger partial charge is 0.351 e. The number of H-pyrrole nitrogens is 1. The van der Waals surface area contributed by atoms with Gasteiger partial charge in [-0.1, -0.05) is 29.8 Å². The minimum atomic E-state index is -0.172. The lowest BCUT2D eigenvalue weighted by atomic mass is 10.2. The normalized spacial score (nSPS) is 10.8. The van der Waals surface area contributed by atoms with Crippen molar-refractivity contribution in [2.45, 2.75) is 13.8 Å². The number of aryl methyl sites for hydroxylation is 1. The summed E-state index contributed by atoms with van der Waals surface area (Å²) in [5.41, 5.74) is 4.24. The molecule has 0 atom stereocenters. The summed E-state index contributed by atoms with van der Waals surface area (Å²) in [4.78, 5) is 15.5. The van der Waals surface area contributed by atoms with E-state index < -0.39 is 0 Å². The molecule has 2 aromatic carbocycles. The molecule has 2 N–H and O–H groups in total. The van der Waals surface area contributed by atoms with Crippen LogP contribution in [0.1, 0.15) is 21.6 Å². The lowest BCUT2D eigenvalue weighted by molar-refractivity contribution is 0.102. The maximum Gasteiger partial charge on any atom is 0.272 e. The van der Waals surface area contributed by atoms with Gasteiger partial charge in [0.05, 0.1) is 0 Å². The average molecular weight is 299 g/mol. The van der Waals surface area contributed by atoms with Crippen molar-refractivity contribution in [2.24, 2.45) is 0 Å². The van der Waals surface area contributed by atoms with Crippen LogP contribution in [-0.4, -0.2) is 10.9 Å². The van der Waals surface area contributed by atoms with E-state index in [0.717, 1.165) is 27.7 Å². The van der Waals surface area contributed by atoms with Gasteiger partial charge in [-0.2, -0.15) is 0 Å². The first-order valence-corrected chi connectivity index (χ1v) is 7.08. The third-order valence-electron chi connectivity index (χ3n) is 3.54. The molecular weight excluding hydrogens is 284 g/mol. The molecule has 3 nitrogen and oxygen atoms in total. The number of carbonyl (C=O) groups excluding carboxylic acids is 1. The summed E-state index contributed by atoms with van der Waals surface area (Å²) in [6.07, 6.45) is 0. The minimum absolute atomic E-state index is 0.172. The fraction of sp³-hybridized carbons (Fsp3) is 0.118. The summed E-state index contributed by atoms with van der Waals surface area (Å²) in [5.74, 6) is -0.172. The molecule has 0 aliphatic carbocycles. The molecule has 3 rings (SSSR count). The van der Waals surface area contributed by atoms with E-state index in [2.05, 4.69) is 10.3 Å². The SMILES string of the molecule is Cc1ccc2cc(C(=O)Nc3cccc(Cl)c3C)[nH]c2c1. The number of carbonyl (C=O) groups is 1. The quantitative estimate of drug-likeness (QED) is 0.708. The number of fused-ring (bicyclic) bond motifs is 1. The van der Waals surface area contributed by atoms with Gasteiger partial charge in [-0.3, -0.25) is 4.79 Å². The molecule has 0 fully saturated rings. The Hall–Kier alpha value is -2.26. The molecule has 0 radical (unpaired) electrons. The van der Waals surface area contributed by atoms with E-state index in [0.29, 0.717) is 10.7 Å². The number of hydrogen-bond donors (Lipinski definition) is 2. The van der Waals surface area contributed by atoms with E-state index in [9.17, 15) is 4.79 Å². The molecule has 4 heteroatoms. The van der Waals surface area contributed by atoms with E-state index >= 15 is 0 Å². The van der Waals surface area contributed by atoms with Gasteiger partial charge in [0.15, 0.2) is 0 Å². The highest BCUT2D eigenvalue weighted by Gasteiger charge is 2.11. The predicted molar refractivity (Wildman–Crippen MR) is 87.2 cm³/mol. The fourth-order valence-corrected chi connectivity index (χ4v) is 2.47. The Bertz CT molecular complexity index is 836. The summed E-state index contributed by atoms with van der Waals surface area (Å²) in [6, 6.07) is 13.4. The fourth-order valence-electron chi connectivity index (χ4n) is 2.30. The number of anilines is 1. The number of halogens is 1. The molecule has 106 valence electrons. The molecule has 3 aromatic rings. The van der Waals surface area contributed by atoms with Gasteiger partial charge in [-0.25, -0.2) is 0 Å². The van der Waals surface area contributed by atoms with Crippen molar-refractivity contribution >= 4 is 34.1 Å². The number of hydrogen-bond acceptors (Lipinski definition) is 1. The number of aromatic amines is 1. The number of aromatic nitrogens is 1.